The van der Waals surface area contributed by atoms with Gasteiger partial charge in [-0.25, -0.2) is 0 Å². The van der Waals surface area contributed by atoms with Crippen LogP contribution in [0.1, 0.15) is 29.8 Å². The van der Waals surface area contributed by atoms with Crippen LogP contribution in [-0.4, -0.2) is 49.1 Å². The van der Waals surface area contributed by atoms with Gasteiger partial charge in [0.1, 0.15) is 5.69 Å². The van der Waals surface area contributed by atoms with E-state index in [4.69, 9.17) is 4.74 Å². The standard InChI is InChI=1S/C14H21N3O2/c1-17(2)13(18)12-9-11(5-8-15-12)16-10-14(19-3)6-4-7-14/h5,8-9H,4,6-7,10H2,1-3H3,(H,15,16). The van der Waals surface area contributed by atoms with E-state index in [1.165, 1.54) is 11.3 Å². The highest BCUT2D eigenvalue weighted by Crippen LogP contribution is 2.35. The van der Waals surface area contributed by atoms with Gasteiger partial charge in [-0.15, -0.1) is 0 Å². The number of ether oxygens (including phenoxy) is 1. The first-order valence-corrected chi connectivity index (χ1v) is 6.53. The van der Waals surface area contributed by atoms with Gasteiger partial charge in [0.15, 0.2) is 0 Å². The lowest BCUT2D eigenvalue weighted by molar-refractivity contribution is -0.0601. The molecule has 1 aromatic heterocycles. The average molecular weight is 263 g/mol. The van der Waals surface area contributed by atoms with Gasteiger partial charge in [0.25, 0.3) is 5.91 Å². The first-order valence-electron chi connectivity index (χ1n) is 6.53. The molecule has 0 aromatic carbocycles. The Balaban J connectivity index is 2.01. The molecule has 0 atom stereocenters. The smallest absolute Gasteiger partial charge is 0.272 e. The molecular weight excluding hydrogens is 242 g/mol. The Labute approximate surface area is 114 Å². The summed E-state index contributed by atoms with van der Waals surface area (Å²) in [7, 11) is 5.20. The second kappa shape index (κ2) is 5.57. The van der Waals surface area contributed by atoms with Crippen molar-refractivity contribution in [3.8, 4) is 0 Å². The fraction of sp³-hybridized carbons (Fsp3) is 0.571. The molecule has 0 aliphatic heterocycles. The van der Waals surface area contributed by atoms with Crippen molar-refractivity contribution in [3.05, 3.63) is 24.0 Å². The lowest BCUT2D eigenvalue weighted by Crippen LogP contribution is -2.45. The average Bonchev–Trinajstić information content (AvgIpc) is 2.37. The van der Waals surface area contributed by atoms with Gasteiger partial charge in [-0.05, 0) is 31.4 Å². The largest absolute Gasteiger partial charge is 0.382 e. The van der Waals surface area contributed by atoms with Crippen LogP contribution in [0.3, 0.4) is 0 Å². The number of hydrogen-bond donors (Lipinski definition) is 1. The summed E-state index contributed by atoms with van der Waals surface area (Å²) < 4.78 is 5.56. The Morgan fingerprint density at radius 1 is 1.53 bits per heavy atom. The van der Waals surface area contributed by atoms with Crippen molar-refractivity contribution in [3.63, 3.8) is 0 Å². The van der Waals surface area contributed by atoms with Crippen molar-refractivity contribution in [2.75, 3.05) is 33.1 Å². The molecule has 5 nitrogen and oxygen atoms in total. The van der Waals surface area contributed by atoms with Gasteiger partial charge >= 0.3 is 0 Å². The minimum atomic E-state index is -0.0891. The first-order chi connectivity index (χ1) is 9.06. The van der Waals surface area contributed by atoms with E-state index in [0.717, 1.165) is 25.1 Å². The number of amides is 1. The predicted octanol–water partition coefficient (Wildman–Crippen LogP) is 1.76. The molecule has 1 fully saturated rings. The van der Waals surface area contributed by atoms with E-state index in [0.29, 0.717) is 5.69 Å². The number of pyridine rings is 1. The van der Waals surface area contributed by atoms with Gasteiger partial charge in [0, 0.05) is 39.6 Å². The van der Waals surface area contributed by atoms with Crippen LogP contribution < -0.4 is 5.32 Å². The molecule has 0 saturated heterocycles. The zero-order valence-corrected chi connectivity index (χ0v) is 11.8. The van der Waals surface area contributed by atoms with Gasteiger partial charge in [-0.3, -0.25) is 9.78 Å². The number of aromatic nitrogens is 1. The van der Waals surface area contributed by atoms with Crippen molar-refractivity contribution < 1.29 is 9.53 Å². The predicted molar refractivity (Wildman–Crippen MR) is 74.3 cm³/mol. The lowest BCUT2D eigenvalue weighted by atomic mass is 9.80. The highest BCUT2D eigenvalue weighted by molar-refractivity contribution is 5.92. The molecule has 19 heavy (non-hydrogen) atoms. The molecule has 1 aliphatic rings. The van der Waals surface area contributed by atoms with E-state index < -0.39 is 0 Å². The Hall–Kier alpha value is -1.62. The zero-order chi connectivity index (χ0) is 13.9. The molecule has 104 valence electrons. The van der Waals surface area contributed by atoms with Crippen molar-refractivity contribution in [1.29, 1.82) is 0 Å². The Kier molecular flexibility index (Phi) is 4.04. The molecule has 2 rings (SSSR count). The number of nitrogens with zero attached hydrogens (tertiary/aromatic N) is 2. The number of methoxy groups -OCH3 is 1. The van der Waals surface area contributed by atoms with Crippen LogP contribution in [-0.2, 0) is 4.74 Å². The maximum atomic E-state index is 11.8. The zero-order valence-electron chi connectivity index (χ0n) is 11.8. The fourth-order valence-electron chi connectivity index (χ4n) is 2.17. The van der Waals surface area contributed by atoms with Gasteiger partial charge in [0.2, 0.25) is 0 Å². The summed E-state index contributed by atoms with van der Waals surface area (Å²) in [5, 5.41) is 3.34. The van der Waals surface area contributed by atoms with E-state index in [9.17, 15) is 4.79 Å². The number of rotatable bonds is 5. The van der Waals surface area contributed by atoms with Crippen LogP contribution in [0.5, 0.6) is 0 Å². The van der Waals surface area contributed by atoms with E-state index in [1.807, 2.05) is 6.07 Å². The van der Waals surface area contributed by atoms with Crippen LogP contribution in [0.2, 0.25) is 0 Å². The van der Waals surface area contributed by atoms with Gasteiger partial charge in [0.05, 0.1) is 5.60 Å². The summed E-state index contributed by atoms with van der Waals surface area (Å²) in [6, 6.07) is 3.65. The number of anilines is 1. The van der Waals surface area contributed by atoms with Crippen molar-refractivity contribution in [2.45, 2.75) is 24.9 Å². The second-order valence-corrected chi connectivity index (χ2v) is 5.22. The number of carbonyl (C=O) groups excluding carboxylic acids is 1. The normalized spacial score (nSPS) is 16.6. The number of nitrogens with one attached hydrogen (secondary N) is 1. The molecule has 1 saturated carbocycles. The lowest BCUT2D eigenvalue weighted by Gasteiger charge is -2.40. The molecule has 0 bridgehead atoms. The third kappa shape index (κ3) is 3.04. The van der Waals surface area contributed by atoms with E-state index in [1.54, 1.807) is 33.5 Å². The second-order valence-electron chi connectivity index (χ2n) is 5.22. The topological polar surface area (TPSA) is 54.5 Å². The highest BCUT2D eigenvalue weighted by atomic mass is 16.5. The van der Waals surface area contributed by atoms with Crippen molar-refractivity contribution in [2.24, 2.45) is 0 Å². The molecule has 1 heterocycles. The number of hydrogen-bond acceptors (Lipinski definition) is 4. The highest BCUT2D eigenvalue weighted by Gasteiger charge is 2.36. The molecule has 0 spiro atoms. The summed E-state index contributed by atoms with van der Waals surface area (Å²) in [5.74, 6) is -0.0891. The molecule has 0 radical (unpaired) electrons. The quantitative estimate of drug-likeness (QED) is 0.879. The molecular formula is C14H21N3O2. The van der Waals surface area contributed by atoms with Crippen LogP contribution in [0.4, 0.5) is 5.69 Å². The van der Waals surface area contributed by atoms with E-state index >= 15 is 0 Å². The summed E-state index contributed by atoms with van der Waals surface area (Å²) in [6.07, 6.45) is 5.05. The van der Waals surface area contributed by atoms with Gasteiger partial charge < -0.3 is 15.0 Å². The van der Waals surface area contributed by atoms with Gasteiger partial charge in [-0.1, -0.05) is 0 Å². The first kappa shape index (κ1) is 13.8. The Morgan fingerprint density at radius 2 is 2.26 bits per heavy atom. The van der Waals surface area contributed by atoms with Crippen LogP contribution in [0, 0.1) is 0 Å². The van der Waals surface area contributed by atoms with Crippen molar-refractivity contribution in [1.82, 2.24) is 9.88 Å². The Bertz CT molecular complexity index is 450. The van der Waals surface area contributed by atoms with E-state index in [-0.39, 0.29) is 11.5 Å². The van der Waals surface area contributed by atoms with E-state index in [2.05, 4.69) is 10.3 Å². The third-order valence-electron chi connectivity index (χ3n) is 3.70. The van der Waals surface area contributed by atoms with Crippen LogP contribution >= 0.6 is 0 Å². The van der Waals surface area contributed by atoms with Crippen molar-refractivity contribution >= 4 is 11.6 Å². The molecule has 1 N–H and O–H groups in total. The minimum Gasteiger partial charge on any atom is -0.382 e. The number of carbonyl (C=O) groups is 1. The summed E-state index contributed by atoms with van der Waals surface area (Å²) in [6.45, 7) is 0.767. The fourth-order valence-corrected chi connectivity index (χ4v) is 2.17. The molecule has 1 amide bonds. The Morgan fingerprint density at radius 3 is 2.79 bits per heavy atom. The summed E-state index contributed by atoms with van der Waals surface area (Å²) in [5.41, 5.74) is 1.33. The minimum absolute atomic E-state index is 0.0327. The summed E-state index contributed by atoms with van der Waals surface area (Å²) >= 11 is 0. The molecule has 1 aliphatic carbocycles. The summed E-state index contributed by atoms with van der Waals surface area (Å²) in [4.78, 5) is 17.5. The molecule has 5 heteroatoms. The van der Waals surface area contributed by atoms with Crippen LogP contribution in [0.25, 0.3) is 0 Å². The van der Waals surface area contributed by atoms with Crippen LogP contribution in [0.15, 0.2) is 18.3 Å². The third-order valence-corrected chi connectivity index (χ3v) is 3.70. The molecule has 1 aromatic rings. The van der Waals surface area contributed by atoms with Gasteiger partial charge in [-0.2, -0.15) is 0 Å². The SMILES string of the molecule is COC1(CNc2ccnc(C(=O)N(C)C)c2)CCC1. The maximum absolute atomic E-state index is 11.8. The molecule has 0 unspecified atom stereocenters. The maximum Gasteiger partial charge on any atom is 0.272 e. The monoisotopic (exact) mass is 263 g/mol.